The Bertz CT molecular complexity index is 429. The first-order valence-electron chi connectivity index (χ1n) is 3.41. The molecule has 0 aromatic rings. The van der Waals surface area contributed by atoms with Crippen LogP contribution in [0.1, 0.15) is 0 Å². The van der Waals surface area contributed by atoms with Gasteiger partial charge in [0.05, 0.1) is 17.4 Å². The zero-order valence-electron chi connectivity index (χ0n) is 6.39. The predicted octanol–water partition coefficient (Wildman–Crippen LogP) is -1.04. The van der Waals surface area contributed by atoms with E-state index in [0.717, 1.165) is 0 Å². The Labute approximate surface area is 74.6 Å². The molecule has 2 amide bonds. The van der Waals surface area contributed by atoms with Gasteiger partial charge in [0, 0.05) is 11.9 Å². The summed E-state index contributed by atoms with van der Waals surface area (Å²) in [5.41, 5.74) is 0.332. The van der Waals surface area contributed by atoms with Gasteiger partial charge >= 0.3 is 0 Å². The van der Waals surface area contributed by atoms with E-state index in [4.69, 9.17) is 7.98 Å². The monoisotopic (exact) mass is 171 g/mol. The average Bonchev–Trinajstić information content (AvgIpc) is 2.40. The average molecular weight is 171 g/mol. The largest absolute Gasteiger partial charge is 0.332 e. The standard InChI is InChI=1S/C7H2BN3O2/c8-11-6(12)4-1-2-9-10-3-5(4)7(11)13/h1,3H. The fourth-order valence-corrected chi connectivity index (χ4v) is 1.06. The van der Waals surface area contributed by atoms with Crippen molar-refractivity contribution in [2.24, 2.45) is 10.2 Å². The van der Waals surface area contributed by atoms with Crippen molar-refractivity contribution in [3.63, 3.8) is 0 Å². The van der Waals surface area contributed by atoms with Gasteiger partial charge in [-0.1, -0.05) is 0 Å². The highest BCUT2D eigenvalue weighted by Gasteiger charge is 2.33. The summed E-state index contributed by atoms with van der Waals surface area (Å²) in [5.74, 6) is 1.25. The molecule has 2 aliphatic rings. The fourth-order valence-electron chi connectivity index (χ4n) is 1.06. The molecule has 0 N–H and O–H groups in total. The molecule has 5 nitrogen and oxygen atoms in total. The summed E-state index contributed by atoms with van der Waals surface area (Å²) in [7, 11) is 5.19. The number of hydrogen-bond donors (Lipinski definition) is 0. The van der Waals surface area contributed by atoms with Gasteiger partial charge in [0.15, 0.2) is 0 Å². The number of hydrogen-bond acceptors (Lipinski definition) is 4. The summed E-state index contributed by atoms with van der Waals surface area (Å²) in [5, 5.41) is 6.88. The molecule has 0 saturated carbocycles. The topological polar surface area (TPSA) is 62.1 Å². The smallest absolute Gasteiger partial charge is 0.250 e. The van der Waals surface area contributed by atoms with Gasteiger partial charge in [-0.05, 0) is 0 Å². The van der Waals surface area contributed by atoms with Crippen molar-refractivity contribution < 1.29 is 9.59 Å². The minimum Gasteiger partial charge on any atom is -0.332 e. The van der Waals surface area contributed by atoms with E-state index in [2.05, 4.69) is 16.1 Å². The first kappa shape index (κ1) is 7.70. The number of amides is 2. The summed E-state index contributed by atoms with van der Waals surface area (Å²) in [6, 6.07) is 0. The van der Waals surface area contributed by atoms with E-state index in [1.165, 1.54) is 12.3 Å². The van der Waals surface area contributed by atoms with Crippen molar-refractivity contribution in [3.8, 4) is 0 Å². The minimum absolute atomic E-state index is 0.154. The molecule has 2 radical (unpaired) electrons. The van der Waals surface area contributed by atoms with E-state index in [1.807, 2.05) is 0 Å². The van der Waals surface area contributed by atoms with Gasteiger partial charge in [-0.3, -0.25) is 9.59 Å². The zero-order chi connectivity index (χ0) is 9.42. The number of carbonyl (C=O) groups excluding carboxylic acids is 2. The van der Waals surface area contributed by atoms with Crippen molar-refractivity contribution in [3.05, 3.63) is 17.2 Å². The molecular weight excluding hydrogens is 169 g/mol. The van der Waals surface area contributed by atoms with Crippen molar-refractivity contribution >= 4 is 31.9 Å². The molecule has 0 aromatic carbocycles. The molecule has 0 atom stereocenters. The van der Waals surface area contributed by atoms with Gasteiger partial charge in [0.1, 0.15) is 0 Å². The maximum Gasteiger partial charge on any atom is 0.250 e. The Balaban J connectivity index is 2.61. The normalized spacial score (nSPS) is 19.8. The molecule has 2 aliphatic heterocycles. The molecule has 2 heterocycles. The Morgan fingerprint density at radius 1 is 1.31 bits per heavy atom. The highest BCUT2D eigenvalue weighted by molar-refractivity contribution is 6.40. The summed E-state index contributed by atoms with van der Waals surface area (Å²) < 4.78 is 0. The van der Waals surface area contributed by atoms with Crippen LogP contribution in [-0.2, 0) is 9.59 Å². The third kappa shape index (κ3) is 0.964. The molecule has 0 aliphatic carbocycles. The van der Waals surface area contributed by atoms with Crippen molar-refractivity contribution in [1.82, 2.24) is 4.81 Å². The highest BCUT2D eigenvalue weighted by Crippen LogP contribution is 2.18. The van der Waals surface area contributed by atoms with E-state index in [-0.39, 0.29) is 11.1 Å². The van der Waals surface area contributed by atoms with Crippen molar-refractivity contribution in [2.75, 3.05) is 0 Å². The molecule has 0 spiro atoms. The summed E-state index contributed by atoms with van der Waals surface area (Å²) in [6.45, 7) is 0. The van der Waals surface area contributed by atoms with Crippen LogP contribution in [0.2, 0.25) is 0 Å². The van der Waals surface area contributed by atoms with Crippen LogP contribution in [0.4, 0.5) is 0 Å². The van der Waals surface area contributed by atoms with E-state index in [1.54, 1.807) is 0 Å². The lowest BCUT2D eigenvalue weighted by Crippen LogP contribution is -2.28. The number of carbonyl (C=O) groups is 2. The molecule has 6 heteroatoms. The third-order valence-corrected chi connectivity index (χ3v) is 1.70. The summed E-state index contributed by atoms with van der Waals surface area (Å²) in [4.78, 5) is 23.0. The molecular formula is C7H2BN3O2. The molecule has 2 rings (SSSR count). The second-order valence-corrected chi connectivity index (χ2v) is 2.43. The van der Waals surface area contributed by atoms with Crippen LogP contribution < -0.4 is 0 Å². The first-order chi connectivity index (χ1) is 6.22. The van der Waals surface area contributed by atoms with Crippen LogP contribution in [0.3, 0.4) is 0 Å². The Morgan fingerprint density at radius 3 is 2.77 bits per heavy atom. The lowest BCUT2D eigenvalue weighted by molar-refractivity contribution is -0.131. The minimum atomic E-state index is -0.570. The molecule has 0 bridgehead atoms. The van der Waals surface area contributed by atoms with Crippen LogP contribution in [-0.4, -0.2) is 36.7 Å². The third-order valence-electron chi connectivity index (χ3n) is 1.70. The number of imide groups is 1. The lowest BCUT2D eigenvalue weighted by Gasteiger charge is -2.05. The molecule has 0 saturated heterocycles. The van der Waals surface area contributed by atoms with Crippen LogP contribution >= 0.6 is 0 Å². The van der Waals surface area contributed by atoms with Crippen molar-refractivity contribution in [2.45, 2.75) is 0 Å². The second-order valence-electron chi connectivity index (χ2n) is 2.43. The van der Waals surface area contributed by atoms with Crippen molar-refractivity contribution in [1.29, 1.82) is 0 Å². The Hall–Kier alpha value is -1.94. The number of rotatable bonds is 0. The summed E-state index contributed by atoms with van der Waals surface area (Å²) >= 11 is 0. The SMILES string of the molecule is [B]N1C(=O)C2=C(C=NN=C=C2)C1=O. The van der Waals surface area contributed by atoms with Gasteiger partial charge in [0.2, 0.25) is 19.8 Å². The van der Waals surface area contributed by atoms with E-state index >= 15 is 0 Å². The van der Waals surface area contributed by atoms with Crippen LogP contribution in [0.25, 0.3) is 0 Å². The van der Waals surface area contributed by atoms with E-state index in [9.17, 15) is 9.59 Å². The van der Waals surface area contributed by atoms with Gasteiger partial charge in [0.25, 0.3) is 0 Å². The Morgan fingerprint density at radius 2 is 2.00 bits per heavy atom. The number of nitrogens with zero attached hydrogens (tertiary/aromatic N) is 3. The zero-order valence-corrected chi connectivity index (χ0v) is 6.39. The predicted molar refractivity (Wildman–Crippen MR) is 45.1 cm³/mol. The molecule has 60 valence electrons. The molecule has 0 fully saturated rings. The van der Waals surface area contributed by atoms with Gasteiger partial charge in [-0.2, -0.15) is 0 Å². The second kappa shape index (κ2) is 2.53. The maximum absolute atomic E-state index is 11.3. The van der Waals surface area contributed by atoms with Gasteiger partial charge < -0.3 is 4.81 Å². The van der Waals surface area contributed by atoms with Gasteiger partial charge in [-0.15, -0.1) is 10.2 Å². The van der Waals surface area contributed by atoms with E-state index < -0.39 is 11.8 Å². The fraction of sp³-hybridized carbons (Fsp3) is 0. The molecule has 0 aromatic heterocycles. The maximum atomic E-state index is 11.3. The van der Waals surface area contributed by atoms with Gasteiger partial charge in [-0.25, -0.2) is 0 Å². The first-order valence-corrected chi connectivity index (χ1v) is 3.41. The van der Waals surface area contributed by atoms with Crippen LogP contribution in [0.5, 0.6) is 0 Å². The van der Waals surface area contributed by atoms with Crippen LogP contribution in [0, 0.1) is 0 Å². The lowest BCUT2D eigenvalue weighted by atomic mass is 10.1. The molecule has 13 heavy (non-hydrogen) atoms. The molecule has 0 unspecified atom stereocenters. The summed E-state index contributed by atoms with van der Waals surface area (Å²) in [6.07, 6.45) is 2.48. The quantitative estimate of drug-likeness (QED) is 0.345. The van der Waals surface area contributed by atoms with Crippen LogP contribution in [0.15, 0.2) is 27.4 Å². The van der Waals surface area contributed by atoms with E-state index in [0.29, 0.717) is 4.81 Å². The highest BCUT2D eigenvalue weighted by atomic mass is 16.2. The Kier molecular flexibility index (Phi) is 1.50.